The summed E-state index contributed by atoms with van der Waals surface area (Å²) in [4.78, 5) is 4.30. The Morgan fingerprint density at radius 3 is 2.46 bits per heavy atom. The van der Waals surface area contributed by atoms with Crippen LogP contribution in [0.3, 0.4) is 0 Å². The van der Waals surface area contributed by atoms with E-state index >= 15 is 0 Å². The van der Waals surface area contributed by atoms with Crippen molar-refractivity contribution < 1.29 is 14.2 Å². The molecule has 1 fully saturated rings. The number of nitrogens with zero attached hydrogens (tertiary/aromatic N) is 1. The summed E-state index contributed by atoms with van der Waals surface area (Å²) < 4.78 is 17.0. The van der Waals surface area contributed by atoms with Gasteiger partial charge >= 0.3 is 0 Å². The van der Waals surface area contributed by atoms with Gasteiger partial charge < -0.3 is 19.5 Å². The Labute approximate surface area is 165 Å². The van der Waals surface area contributed by atoms with Gasteiger partial charge in [0.25, 0.3) is 0 Å². The molecule has 0 spiro atoms. The molecule has 0 unspecified atom stereocenters. The fourth-order valence-electron chi connectivity index (χ4n) is 3.11. The van der Waals surface area contributed by atoms with Gasteiger partial charge in [-0.15, -0.1) is 0 Å². The van der Waals surface area contributed by atoms with Crippen molar-refractivity contribution >= 4 is 0 Å². The molecule has 1 aliphatic rings. The summed E-state index contributed by atoms with van der Waals surface area (Å²) in [5.41, 5.74) is 4.33. The number of ether oxygens (including phenoxy) is 3. The van der Waals surface area contributed by atoms with E-state index in [1.807, 2.05) is 36.4 Å². The Bertz CT molecular complexity index is 863. The summed E-state index contributed by atoms with van der Waals surface area (Å²) in [6.07, 6.45) is 1.56. The normalized spacial score (nSPS) is 14.3. The van der Waals surface area contributed by atoms with Crippen LogP contribution in [0.15, 0.2) is 72.9 Å². The maximum atomic E-state index is 5.97. The second-order valence-corrected chi connectivity index (χ2v) is 6.64. The van der Waals surface area contributed by atoms with Crippen LogP contribution in [0.5, 0.6) is 5.75 Å². The van der Waals surface area contributed by atoms with Crippen molar-refractivity contribution in [3.05, 3.63) is 95.3 Å². The first-order valence-electron chi connectivity index (χ1n) is 9.52. The van der Waals surface area contributed by atoms with E-state index in [2.05, 4.69) is 40.6 Å². The molecule has 28 heavy (non-hydrogen) atoms. The van der Waals surface area contributed by atoms with Crippen molar-refractivity contribution in [3.8, 4) is 5.75 Å². The van der Waals surface area contributed by atoms with E-state index in [1.54, 1.807) is 6.20 Å². The Kier molecular flexibility index (Phi) is 6.29. The average Bonchev–Trinajstić information content (AvgIpc) is 3.29. The van der Waals surface area contributed by atoms with Crippen LogP contribution in [0.4, 0.5) is 0 Å². The highest BCUT2D eigenvalue weighted by Gasteiger charge is 2.17. The third-order valence-corrected chi connectivity index (χ3v) is 4.59. The Morgan fingerprint density at radius 1 is 0.893 bits per heavy atom. The average molecular weight is 376 g/mol. The molecule has 2 heterocycles. The first-order chi connectivity index (χ1) is 13.9. The number of hydrogen-bond donors (Lipinski definition) is 1. The van der Waals surface area contributed by atoms with Crippen molar-refractivity contribution in [2.24, 2.45) is 0 Å². The second kappa shape index (κ2) is 9.46. The Balaban J connectivity index is 1.30. The molecule has 2 aromatic carbocycles. The van der Waals surface area contributed by atoms with E-state index in [1.165, 1.54) is 5.56 Å². The molecule has 0 radical (unpaired) electrons. The van der Waals surface area contributed by atoms with Crippen LogP contribution < -0.4 is 10.1 Å². The standard InChI is InChI=1S/C23H24N2O3/c1-2-7-22(28-17-21-6-3-4-12-25-21)20(5-1)16-24-15-18-8-10-19(11-9-18)23-26-13-14-27-23/h1-12,23-24H,13-17H2. The number of para-hydroxylation sites is 1. The van der Waals surface area contributed by atoms with E-state index in [4.69, 9.17) is 14.2 Å². The largest absolute Gasteiger partial charge is 0.487 e. The van der Waals surface area contributed by atoms with Gasteiger partial charge in [0.15, 0.2) is 6.29 Å². The minimum atomic E-state index is -0.217. The molecule has 1 aliphatic heterocycles. The highest BCUT2D eigenvalue weighted by atomic mass is 16.7. The number of rotatable bonds is 8. The zero-order valence-corrected chi connectivity index (χ0v) is 15.7. The number of pyridine rings is 1. The molecule has 1 aromatic heterocycles. The molecule has 4 rings (SSSR count). The van der Waals surface area contributed by atoms with Crippen LogP contribution in [-0.4, -0.2) is 18.2 Å². The van der Waals surface area contributed by atoms with Gasteiger partial charge in [-0.2, -0.15) is 0 Å². The molecule has 3 aromatic rings. The number of nitrogens with one attached hydrogen (secondary N) is 1. The predicted molar refractivity (Wildman–Crippen MR) is 107 cm³/mol. The molecule has 1 N–H and O–H groups in total. The lowest BCUT2D eigenvalue weighted by molar-refractivity contribution is -0.0441. The summed E-state index contributed by atoms with van der Waals surface area (Å²) in [7, 11) is 0. The first kappa shape index (κ1) is 18.6. The van der Waals surface area contributed by atoms with Gasteiger partial charge in [-0.05, 0) is 23.8 Å². The molecule has 0 bridgehead atoms. The number of hydrogen-bond acceptors (Lipinski definition) is 5. The molecule has 1 saturated heterocycles. The molecule has 0 atom stereocenters. The minimum Gasteiger partial charge on any atom is -0.487 e. The molecule has 5 heteroatoms. The van der Waals surface area contributed by atoms with E-state index in [0.717, 1.165) is 35.7 Å². The molecule has 144 valence electrons. The lowest BCUT2D eigenvalue weighted by Crippen LogP contribution is -2.14. The van der Waals surface area contributed by atoms with Crippen molar-refractivity contribution in [1.82, 2.24) is 10.3 Å². The molecular weight excluding hydrogens is 352 g/mol. The summed E-state index contributed by atoms with van der Waals surface area (Å²) in [6, 6.07) is 22.3. The van der Waals surface area contributed by atoms with Gasteiger partial charge in [-0.3, -0.25) is 4.98 Å². The van der Waals surface area contributed by atoms with E-state index in [0.29, 0.717) is 19.8 Å². The SMILES string of the molecule is c1ccc(COc2ccccc2CNCc2ccc(C3OCCO3)cc2)nc1. The zero-order valence-electron chi connectivity index (χ0n) is 15.7. The van der Waals surface area contributed by atoms with Crippen LogP contribution in [0.1, 0.15) is 28.7 Å². The summed E-state index contributed by atoms with van der Waals surface area (Å²) in [5.74, 6) is 0.881. The topological polar surface area (TPSA) is 52.6 Å². The monoisotopic (exact) mass is 376 g/mol. The van der Waals surface area contributed by atoms with Crippen LogP contribution in [-0.2, 0) is 29.2 Å². The van der Waals surface area contributed by atoms with Gasteiger partial charge in [0, 0.05) is 30.4 Å². The third kappa shape index (κ3) is 4.95. The van der Waals surface area contributed by atoms with E-state index < -0.39 is 0 Å². The fourth-order valence-corrected chi connectivity index (χ4v) is 3.11. The highest BCUT2D eigenvalue weighted by Crippen LogP contribution is 2.23. The number of benzene rings is 2. The molecule has 0 saturated carbocycles. The Hall–Kier alpha value is -2.73. The van der Waals surface area contributed by atoms with E-state index in [-0.39, 0.29) is 6.29 Å². The number of aromatic nitrogens is 1. The smallest absolute Gasteiger partial charge is 0.184 e. The summed E-state index contributed by atoms with van der Waals surface area (Å²) in [6.45, 7) is 3.30. The predicted octanol–water partition coefficient (Wildman–Crippen LogP) is 4.00. The fraction of sp³-hybridized carbons (Fsp3) is 0.261. The van der Waals surface area contributed by atoms with Crippen LogP contribution in [0, 0.1) is 0 Å². The third-order valence-electron chi connectivity index (χ3n) is 4.59. The second-order valence-electron chi connectivity index (χ2n) is 6.64. The van der Waals surface area contributed by atoms with Crippen molar-refractivity contribution in [1.29, 1.82) is 0 Å². The van der Waals surface area contributed by atoms with Gasteiger partial charge in [0.1, 0.15) is 12.4 Å². The van der Waals surface area contributed by atoms with Gasteiger partial charge in [-0.25, -0.2) is 0 Å². The van der Waals surface area contributed by atoms with Crippen molar-refractivity contribution in [3.63, 3.8) is 0 Å². The quantitative estimate of drug-likeness (QED) is 0.644. The zero-order chi connectivity index (χ0) is 19.0. The summed E-state index contributed by atoms with van der Waals surface area (Å²) >= 11 is 0. The van der Waals surface area contributed by atoms with Crippen LogP contribution in [0.25, 0.3) is 0 Å². The maximum Gasteiger partial charge on any atom is 0.184 e. The van der Waals surface area contributed by atoms with Gasteiger partial charge in [0.05, 0.1) is 18.9 Å². The molecule has 5 nitrogen and oxygen atoms in total. The van der Waals surface area contributed by atoms with Crippen molar-refractivity contribution in [2.45, 2.75) is 26.0 Å². The minimum absolute atomic E-state index is 0.217. The van der Waals surface area contributed by atoms with Gasteiger partial charge in [-0.1, -0.05) is 48.5 Å². The maximum absolute atomic E-state index is 5.97. The van der Waals surface area contributed by atoms with Crippen LogP contribution in [0.2, 0.25) is 0 Å². The lowest BCUT2D eigenvalue weighted by Gasteiger charge is -2.13. The van der Waals surface area contributed by atoms with Crippen molar-refractivity contribution in [2.75, 3.05) is 13.2 Å². The molecule has 0 amide bonds. The molecule has 0 aliphatic carbocycles. The lowest BCUT2D eigenvalue weighted by atomic mass is 10.1. The first-order valence-corrected chi connectivity index (χ1v) is 9.52. The Morgan fingerprint density at radius 2 is 1.68 bits per heavy atom. The molecular formula is C23H24N2O3. The summed E-state index contributed by atoms with van der Waals surface area (Å²) in [5, 5.41) is 3.49. The highest BCUT2D eigenvalue weighted by molar-refractivity contribution is 5.33. The van der Waals surface area contributed by atoms with Gasteiger partial charge in [0.2, 0.25) is 0 Å². The van der Waals surface area contributed by atoms with E-state index in [9.17, 15) is 0 Å². The van der Waals surface area contributed by atoms with Crippen LogP contribution >= 0.6 is 0 Å².